The number of nitrogens with zero attached hydrogens (tertiary/aromatic N) is 3. The van der Waals surface area contributed by atoms with E-state index in [2.05, 4.69) is 26.6 Å². The van der Waals surface area contributed by atoms with E-state index < -0.39 is 0 Å². The van der Waals surface area contributed by atoms with Gasteiger partial charge < -0.3 is 10.2 Å². The lowest BCUT2D eigenvalue weighted by atomic mass is 10.00. The van der Waals surface area contributed by atoms with Crippen LogP contribution in [0.3, 0.4) is 0 Å². The highest BCUT2D eigenvalue weighted by molar-refractivity contribution is 5.97. The van der Waals surface area contributed by atoms with Crippen molar-refractivity contribution in [1.82, 2.24) is 15.6 Å². The van der Waals surface area contributed by atoms with Crippen LogP contribution in [0.1, 0.15) is 31.0 Å². The van der Waals surface area contributed by atoms with Gasteiger partial charge in [0.2, 0.25) is 0 Å². The number of benzene rings is 2. The molecule has 6 nitrogen and oxygen atoms in total. The summed E-state index contributed by atoms with van der Waals surface area (Å²) in [5, 5.41) is 11.1. The quantitative estimate of drug-likeness (QED) is 0.792. The van der Waals surface area contributed by atoms with E-state index in [0.717, 1.165) is 53.8 Å². The molecule has 0 unspecified atom stereocenters. The third kappa shape index (κ3) is 2.63. The van der Waals surface area contributed by atoms with Gasteiger partial charge in [-0.25, -0.2) is 4.63 Å². The van der Waals surface area contributed by atoms with Gasteiger partial charge in [0.05, 0.1) is 5.69 Å². The van der Waals surface area contributed by atoms with Crippen LogP contribution in [0.5, 0.6) is 0 Å². The van der Waals surface area contributed by atoms with E-state index in [-0.39, 0.29) is 7.33 Å². The smallest absolute Gasteiger partial charge is 0.251 e. The molecule has 5 rings (SSSR count). The fourth-order valence-corrected chi connectivity index (χ4v) is 3.17. The Hall–Kier alpha value is -2.89. The van der Waals surface area contributed by atoms with Gasteiger partial charge in [0.25, 0.3) is 5.91 Å². The number of fused-ring (bicyclic) bond motifs is 1. The van der Waals surface area contributed by atoms with Crippen LogP contribution in [0, 0.1) is 0 Å². The number of carbonyl (C=O) groups excluding carboxylic acids is 1. The summed E-state index contributed by atoms with van der Waals surface area (Å²) >= 11 is 0. The van der Waals surface area contributed by atoms with E-state index in [0.29, 0.717) is 11.6 Å². The minimum atomic E-state index is -0.00324. The van der Waals surface area contributed by atoms with Crippen LogP contribution in [-0.4, -0.2) is 35.4 Å². The van der Waals surface area contributed by atoms with Gasteiger partial charge in [0.15, 0.2) is 5.52 Å². The zero-order valence-electron chi connectivity index (χ0n) is 13.7. The number of anilines is 1. The van der Waals surface area contributed by atoms with Crippen molar-refractivity contribution < 1.29 is 10.9 Å². The van der Waals surface area contributed by atoms with Gasteiger partial charge in [0.1, 0.15) is 5.52 Å². The normalized spacial score (nSPS) is 16.7. The zero-order valence-corrected chi connectivity index (χ0v) is 13.7. The molecular weight excluding hydrogens is 316 g/mol. The van der Waals surface area contributed by atoms with Crippen LogP contribution >= 0.6 is 0 Å². The molecule has 0 spiro atoms. The average Bonchev–Trinajstić information content (AvgIpc) is 3.26. The van der Waals surface area contributed by atoms with Gasteiger partial charge in [-0.1, -0.05) is 12.1 Å². The first-order valence-electron chi connectivity index (χ1n) is 8.70. The summed E-state index contributed by atoms with van der Waals surface area (Å²) in [6, 6.07) is 12.2. The van der Waals surface area contributed by atoms with E-state index in [1.54, 1.807) is 0 Å². The number of amides is 1. The van der Waals surface area contributed by atoms with Gasteiger partial charge in [-0.05, 0) is 65.0 Å². The summed E-state index contributed by atoms with van der Waals surface area (Å²) in [5.74, 6) is -0.00324. The van der Waals surface area contributed by atoms with E-state index in [1.165, 1.54) is 6.42 Å². The van der Waals surface area contributed by atoms with E-state index >= 15 is 0 Å². The Labute approximate surface area is 146 Å². The molecule has 2 aromatic carbocycles. The summed E-state index contributed by atoms with van der Waals surface area (Å²) in [7, 11) is 0. The van der Waals surface area contributed by atoms with Crippen LogP contribution in [0.4, 0.5) is 5.69 Å². The van der Waals surface area contributed by atoms with Crippen molar-refractivity contribution in [3.63, 3.8) is 0 Å². The molecular formula is C19H20N4O2. The number of rotatable bonds is 4. The van der Waals surface area contributed by atoms with Crippen molar-refractivity contribution in [3.05, 3.63) is 42.0 Å². The number of hydrogen-bond acceptors (Lipinski definition) is 5. The summed E-state index contributed by atoms with van der Waals surface area (Å²) < 4.78 is 4.94. The largest absolute Gasteiger partial charge is 0.369 e. The van der Waals surface area contributed by atoms with Crippen molar-refractivity contribution in [1.29, 1.82) is 0 Å². The second-order valence-corrected chi connectivity index (χ2v) is 6.80. The van der Waals surface area contributed by atoms with Gasteiger partial charge >= 0.3 is 0 Å². The number of nitrogens with one attached hydrogen (secondary N) is 1. The molecule has 0 radical (unpaired) electrons. The van der Waals surface area contributed by atoms with Gasteiger partial charge in [-0.3, -0.25) is 4.79 Å². The molecule has 1 amide bonds. The molecule has 1 aromatic heterocycles. The average molecular weight is 336 g/mol. The monoisotopic (exact) mass is 336 g/mol. The lowest BCUT2D eigenvalue weighted by Crippen LogP contribution is -2.37. The Kier molecular flexibility index (Phi) is 3.23. The Morgan fingerprint density at radius 2 is 2.04 bits per heavy atom. The maximum Gasteiger partial charge on any atom is 0.251 e. The predicted octanol–water partition coefficient (Wildman–Crippen LogP) is 3.24. The predicted molar refractivity (Wildman–Crippen MR) is 96.7 cm³/mol. The number of carbonyl (C=O) groups is 1. The lowest BCUT2D eigenvalue weighted by molar-refractivity contribution is 0.0951. The summed E-state index contributed by atoms with van der Waals surface area (Å²) in [5.41, 5.74) is 5.29. The standard InChI is InChI=1S/C19H18N4O2.H2/c24-19(20-15-5-6-15)13-4-1-3-12(9-13)14-10-16-18(22-25-21-16)17(11-14)23-7-2-8-23;/h1,3-4,9-11,15H,2,5-8H2,(H,20,24);1H. The number of aromatic nitrogens is 2. The molecule has 6 heteroatoms. The van der Waals surface area contributed by atoms with Crippen molar-refractivity contribution in [2.75, 3.05) is 18.0 Å². The molecule has 0 bridgehead atoms. The first kappa shape index (κ1) is 14.5. The first-order valence-corrected chi connectivity index (χ1v) is 8.70. The fraction of sp³-hybridized carbons (Fsp3) is 0.316. The molecule has 2 aliphatic rings. The minimum Gasteiger partial charge on any atom is -0.369 e. The van der Waals surface area contributed by atoms with Crippen molar-refractivity contribution in [2.45, 2.75) is 25.3 Å². The van der Waals surface area contributed by atoms with Crippen LogP contribution in [0.25, 0.3) is 22.2 Å². The van der Waals surface area contributed by atoms with Crippen LogP contribution in [0.15, 0.2) is 41.0 Å². The van der Waals surface area contributed by atoms with Crippen molar-refractivity contribution >= 4 is 22.6 Å². The Morgan fingerprint density at radius 1 is 1.16 bits per heavy atom. The SMILES string of the molecule is O=C(NC1CC1)c1cccc(-c2cc(N3CCC3)c3nonc3c2)c1.[HH]. The number of hydrogen-bond donors (Lipinski definition) is 1. The molecule has 1 saturated carbocycles. The third-order valence-corrected chi connectivity index (χ3v) is 4.91. The Bertz CT molecular complexity index is 963. The van der Waals surface area contributed by atoms with Crippen LogP contribution in [0.2, 0.25) is 0 Å². The molecule has 0 atom stereocenters. The lowest BCUT2D eigenvalue weighted by Gasteiger charge is -2.33. The molecule has 1 aliphatic heterocycles. The van der Waals surface area contributed by atoms with E-state index in [4.69, 9.17) is 4.63 Å². The maximum atomic E-state index is 12.3. The third-order valence-electron chi connectivity index (χ3n) is 4.91. The van der Waals surface area contributed by atoms with Crippen molar-refractivity contribution in [2.24, 2.45) is 0 Å². The highest BCUT2D eigenvalue weighted by atomic mass is 16.6. The van der Waals surface area contributed by atoms with Crippen molar-refractivity contribution in [3.8, 4) is 11.1 Å². The first-order chi connectivity index (χ1) is 12.3. The summed E-state index contributed by atoms with van der Waals surface area (Å²) in [6.07, 6.45) is 3.36. The molecule has 1 N–H and O–H groups in total. The van der Waals surface area contributed by atoms with Crippen LogP contribution < -0.4 is 10.2 Å². The van der Waals surface area contributed by atoms with E-state index in [1.807, 2.05) is 30.3 Å². The molecule has 3 aromatic rings. The highest BCUT2D eigenvalue weighted by Crippen LogP contribution is 2.34. The molecule has 1 saturated heterocycles. The molecule has 1 aliphatic carbocycles. The fourth-order valence-electron chi connectivity index (χ4n) is 3.17. The Morgan fingerprint density at radius 3 is 2.80 bits per heavy atom. The zero-order chi connectivity index (χ0) is 16.8. The van der Waals surface area contributed by atoms with Gasteiger partial charge in [-0.15, -0.1) is 0 Å². The molecule has 25 heavy (non-hydrogen) atoms. The Balaban J connectivity index is 0.00000168. The van der Waals surface area contributed by atoms with Gasteiger partial charge in [-0.2, -0.15) is 0 Å². The second kappa shape index (κ2) is 5.58. The highest BCUT2D eigenvalue weighted by Gasteiger charge is 2.24. The minimum absolute atomic E-state index is 0. The second-order valence-electron chi connectivity index (χ2n) is 6.80. The maximum absolute atomic E-state index is 12.3. The molecule has 2 heterocycles. The summed E-state index contributed by atoms with van der Waals surface area (Å²) in [4.78, 5) is 14.6. The van der Waals surface area contributed by atoms with Gasteiger partial charge in [0, 0.05) is 26.1 Å². The summed E-state index contributed by atoms with van der Waals surface area (Å²) in [6.45, 7) is 2.05. The molecule has 128 valence electrons. The van der Waals surface area contributed by atoms with E-state index in [9.17, 15) is 4.79 Å². The topological polar surface area (TPSA) is 71.3 Å². The molecule has 2 fully saturated rings. The van der Waals surface area contributed by atoms with Crippen LogP contribution in [-0.2, 0) is 0 Å².